The third-order valence-electron chi connectivity index (χ3n) is 1.62. The van der Waals surface area contributed by atoms with E-state index in [0.717, 1.165) is 12.8 Å². The molecule has 0 aliphatic carbocycles. The second-order valence-electron chi connectivity index (χ2n) is 2.54. The van der Waals surface area contributed by atoms with Crippen molar-refractivity contribution in [2.45, 2.75) is 25.2 Å². The van der Waals surface area contributed by atoms with E-state index in [9.17, 15) is 5.11 Å². The van der Waals surface area contributed by atoms with Crippen LogP contribution in [0, 0.1) is 0 Å². The first-order valence-electron chi connectivity index (χ1n) is 3.88. The zero-order valence-electron chi connectivity index (χ0n) is 6.53. The molecule has 1 fully saturated rings. The third kappa shape index (κ3) is 2.61. The maximum absolute atomic E-state index is 9.24. The maximum Gasteiger partial charge on any atom is 0.187 e. The van der Waals surface area contributed by atoms with Gasteiger partial charge in [-0.2, -0.15) is 0 Å². The van der Waals surface area contributed by atoms with Gasteiger partial charge in [-0.3, -0.25) is 0 Å². The molecule has 0 amide bonds. The van der Waals surface area contributed by atoms with Crippen LogP contribution >= 0.6 is 0 Å². The molecule has 1 atom stereocenters. The fraction of sp³-hybridized carbons (Fsp3) is 0.750. The first-order valence-corrected chi connectivity index (χ1v) is 3.88. The first-order chi connectivity index (χ1) is 5.34. The smallest absolute Gasteiger partial charge is 0.187 e. The lowest BCUT2D eigenvalue weighted by Crippen LogP contribution is -2.29. The molecular formula is C8H14O3. The number of rotatable bonds is 2. The standard InChI is InChI=1S/C8H14O3/c1-2-7(9)8-10-5-3-4-6-11-8/h2,7-9H,1,3-6H2. The van der Waals surface area contributed by atoms with Gasteiger partial charge < -0.3 is 14.6 Å². The lowest BCUT2D eigenvalue weighted by molar-refractivity contribution is -0.169. The third-order valence-corrected chi connectivity index (χ3v) is 1.62. The van der Waals surface area contributed by atoms with Crippen LogP contribution in [0.15, 0.2) is 12.7 Å². The summed E-state index contributed by atoms with van der Waals surface area (Å²) in [5, 5.41) is 9.24. The summed E-state index contributed by atoms with van der Waals surface area (Å²) < 4.78 is 10.4. The fourth-order valence-corrected chi connectivity index (χ4v) is 0.959. The van der Waals surface area contributed by atoms with Crippen molar-refractivity contribution in [3.8, 4) is 0 Å². The van der Waals surface area contributed by atoms with E-state index in [0.29, 0.717) is 13.2 Å². The molecule has 1 saturated heterocycles. The van der Waals surface area contributed by atoms with E-state index in [1.54, 1.807) is 0 Å². The Kier molecular flexibility index (Phi) is 3.56. The van der Waals surface area contributed by atoms with E-state index >= 15 is 0 Å². The van der Waals surface area contributed by atoms with Crippen molar-refractivity contribution in [3.05, 3.63) is 12.7 Å². The van der Waals surface area contributed by atoms with Crippen LogP contribution in [0.25, 0.3) is 0 Å². The molecule has 1 aliphatic rings. The van der Waals surface area contributed by atoms with Crippen molar-refractivity contribution in [2.24, 2.45) is 0 Å². The molecule has 1 rings (SSSR count). The Morgan fingerprint density at radius 3 is 2.36 bits per heavy atom. The van der Waals surface area contributed by atoms with E-state index < -0.39 is 12.4 Å². The quantitative estimate of drug-likeness (QED) is 0.601. The molecule has 64 valence electrons. The van der Waals surface area contributed by atoms with Crippen LogP contribution in [-0.2, 0) is 9.47 Å². The second kappa shape index (κ2) is 4.49. The van der Waals surface area contributed by atoms with E-state index in [1.165, 1.54) is 6.08 Å². The van der Waals surface area contributed by atoms with Gasteiger partial charge in [-0.15, -0.1) is 6.58 Å². The number of aliphatic hydroxyl groups excluding tert-OH is 1. The fourth-order valence-electron chi connectivity index (χ4n) is 0.959. The van der Waals surface area contributed by atoms with Crippen LogP contribution in [0.5, 0.6) is 0 Å². The van der Waals surface area contributed by atoms with Gasteiger partial charge >= 0.3 is 0 Å². The summed E-state index contributed by atoms with van der Waals surface area (Å²) in [6.45, 7) is 4.78. The molecule has 0 bridgehead atoms. The second-order valence-corrected chi connectivity index (χ2v) is 2.54. The van der Waals surface area contributed by atoms with Crippen molar-refractivity contribution in [1.82, 2.24) is 0 Å². The van der Waals surface area contributed by atoms with Gasteiger partial charge in [0.2, 0.25) is 0 Å². The van der Waals surface area contributed by atoms with Crippen molar-refractivity contribution in [3.63, 3.8) is 0 Å². The van der Waals surface area contributed by atoms with Crippen molar-refractivity contribution in [2.75, 3.05) is 13.2 Å². The van der Waals surface area contributed by atoms with E-state index in [2.05, 4.69) is 6.58 Å². The molecule has 1 N–H and O–H groups in total. The van der Waals surface area contributed by atoms with Crippen LogP contribution in [0.2, 0.25) is 0 Å². The topological polar surface area (TPSA) is 38.7 Å². The number of aliphatic hydroxyl groups is 1. The van der Waals surface area contributed by atoms with Crippen LogP contribution in [-0.4, -0.2) is 30.7 Å². The predicted molar refractivity (Wildman–Crippen MR) is 41.1 cm³/mol. The maximum atomic E-state index is 9.24. The Bertz CT molecular complexity index is 117. The molecular weight excluding hydrogens is 144 g/mol. The van der Waals surface area contributed by atoms with Crippen LogP contribution in [0.3, 0.4) is 0 Å². The van der Waals surface area contributed by atoms with Gasteiger partial charge in [-0.05, 0) is 12.8 Å². The summed E-state index contributed by atoms with van der Waals surface area (Å²) in [6.07, 6.45) is 2.22. The van der Waals surface area contributed by atoms with Gasteiger partial charge in [0.15, 0.2) is 6.29 Å². The lowest BCUT2D eigenvalue weighted by atomic mass is 10.3. The van der Waals surface area contributed by atoms with E-state index in [4.69, 9.17) is 9.47 Å². The van der Waals surface area contributed by atoms with Gasteiger partial charge in [0.1, 0.15) is 6.10 Å². The van der Waals surface area contributed by atoms with Crippen LogP contribution in [0.1, 0.15) is 12.8 Å². The first kappa shape index (κ1) is 8.71. The number of hydrogen-bond donors (Lipinski definition) is 1. The summed E-state index contributed by atoms with van der Waals surface area (Å²) in [4.78, 5) is 0. The van der Waals surface area contributed by atoms with Crippen LogP contribution < -0.4 is 0 Å². The average molecular weight is 158 g/mol. The zero-order chi connectivity index (χ0) is 8.10. The van der Waals surface area contributed by atoms with Crippen LogP contribution in [0.4, 0.5) is 0 Å². The van der Waals surface area contributed by atoms with E-state index in [-0.39, 0.29) is 0 Å². The highest BCUT2D eigenvalue weighted by Crippen LogP contribution is 2.09. The molecule has 0 radical (unpaired) electrons. The summed E-state index contributed by atoms with van der Waals surface area (Å²) in [5.74, 6) is 0. The monoisotopic (exact) mass is 158 g/mol. The summed E-state index contributed by atoms with van der Waals surface area (Å²) in [7, 11) is 0. The SMILES string of the molecule is C=CC(O)C1OCCCCO1. The Labute approximate surface area is 66.6 Å². The molecule has 1 unspecified atom stereocenters. The highest BCUT2D eigenvalue weighted by molar-refractivity contribution is 4.81. The molecule has 3 nitrogen and oxygen atoms in total. The molecule has 1 heterocycles. The van der Waals surface area contributed by atoms with Crippen molar-refractivity contribution < 1.29 is 14.6 Å². The summed E-state index contributed by atoms with van der Waals surface area (Å²) in [6, 6.07) is 0. The highest BCUT2D eigenvalue weighted by atomic mass is 16.7. The Hall–Kier alpha value is -0.380. The van der Waals surface area contributed by atoms with E-state index in [1.807, 2.05) is 0 Å². The number of hydrogen-bond acceptors (Lipinski definition) is 3. The molecule has 0 aromatic heterocycles. The molecule has 0 aromatic rings. The lowest BCUT2D eigenvalue weighted by Gasteiger charge is -2.18. The molecule has 0 spiro atoms. The average Bonchev–Trinajstić information content (AvgIpc) is 2.30. The molecule has 0 saturated carbocycles. The van der Waals surface area contributed by atoms with Gasteiger partial charge in [-0.1, -0.05) is 6.08 Å². The Balaban J connectivity index is 2.35. The van der Waals surface area contributed by atoms with Gasteiger partial charge in [0.25, 0.3) is 0 Å². The molecule has 1 aliphatic heterocycles. The Morgan fingerprint density at radius 1 is 1.36 bits per heavy atom. The minimum absolute atomic E-state index is 0.505. The summed E-state index contributed by atoms with van der Waals surface area (Å²) in [5.41, 5.74) is 0. The van der Waals surface area contributed by atoms with Crippen molar-refractivity contribution in [1.29, 1.82) is 0 Å². The zero-order valence-corrected chi connectivity index (χ0v) is 6.53. The minimum Gasteiger partial charge on any atom is -0.384 e. The van der Waals surface area contributed by atoms with Gasteiger partial charge in [0, 0.05) is 13.2 Å². The molecule has 3 heteroatoms. The highest BCUT2D eigenvalue weighted by Gasteiger charge is 2.18. The van der Waals surface area contributed by atoms with Gasteiger partial charge in [0.05, 0.1) is 0 Å². The van der Waals surface area contributed by atoms with Gasteiger partial charge in [-0.25, -0.2) is 0 Å². The predicted octanol–water partition coefficient (Wildman–Crippen LogP) is 0.686. The normalized spacial score (nSPS) is 24.1. The molecule has 0 aromatic carbocycles. The molecule has 11 heavy (non-hydrogen) atoms. The Morgan fingerprint density at radius 2 is 1.91 bits per heavy atom. The number of ether oxygens (including phenoxy) is 2. The minimum atomic E-state index is -0.701. The largest absolute Gasteiger partial charge is 0.384 e. The summed E-state index contributed by atoms with van der Waals surface area (Å²) >= 11 is 0. The van der Waals surface area contributed by atoms with Crippen molar-refractivity contribution >= 4 is 0 Å².